The summed E-state index contributed by atoms with van der Waals surface area (Å²) in [6, 6.07) is 4.83. The van der Waals surface area contributed by atoms with Crippen LogP contribution in [-0.4, -0.2) is 14.8 Å². The molecule has 0 unspecified atom stereocenters. The van der Waals surface area contributed by atoms with Crippen LogP contribution < -0.4 is 5.73 Å². The molecule has 0 atom stereocenters. The van der Waals surface area contributed by atoms with E-state index in [4.69, 9.17) is 5.73 Å². The number of rotatable bonds is 2. The Morgan fingerprint density at radius 3 is 3.00 bits per heavy atom. The minimum Gasteiger partial charge on any atom is -0.395 e. The zero-order chi connectivity index (χ0) is 13.2. The van der Waals surface area contributed by atoms with Crippen molar-refractivity contribution < 1.29 is 4.39 Å². The van der Waals surface area contributed by atoms with Crippen LogP contribution in [0.5, 0.6) is 0 Å². The summed E-state index contributed by atoms with van der Waals surface area (Å²) in [5, 5.41) is 9.23. The highest BCUT2D eigenvalue weighted by Crippen LogP contribution is 2.33. The first kappa shape index (κ1) is 12.5. The average molecular weight is 278 g/mol. The number of nitrogens with zero attached hydrogens (tertiary/aromatic N) is 3. The second-order valence-electron chi connectivity index (χ2n) is 4.61. The number of hydrogen-bond acceptors (Lipinski definition) is 4. The molecule has 2 aromatic rings. The molecule has 1 aliphatic heterocycles. The summed E-state index contributed by atoms with van der Waals surface area (Å²) in [4.78, 5) is 0.694. The third kappa shape index (κ3) is 2.45. The molecule has 2 heterocycles. The van der Waals surface area contributed by atoms with E-state index in [1.54, 1.807) is 12.1 Å². The van der Waals surface area contributed by atoms with Crippen molar-refractivity contribution in [1.29, 1.82) is 0 Å². The zero-order valence-corrected chi connectivity index (χ0v) is 11.3. The van der Waals surface area contributed by atoms with Crippen molar-refractivity contribution in [3.05, 3.63) is 29.8 Å². The number of anilines is 1. The summed E-state index contributed by atoms with van der Waals surface area (Å²) < 4.78 is 15.6. The highest BCUT2D eigenvalue weighted by atomic mass is 32.2. The van der Waals surface area contributed by atoms with Gasteiger partial charge in [-0.3, -0.25) is 0 Å². The maximum Gasteiger partial charge on any atom is 0.196 e. The molecule has 0 radical (unpaired) electrons. The van der Waals surface area contributed by atoms with E-state index in [0.29, 0.717) is 4.90 Å². The standard InChI is InChI=1S/C13H15FN4S/c14-9-5-4-6-10(12(9)15)19-13-17-16-11-7-2-1-3-8-18(11)13/h4-6H,1-3,7-8,15H2. The lowest BCUT2D eigenvalue weighted by atomic mass is 10.2. The molecule has 1 aromatic heterocycles. The molecule has 100 valence electrons. The number of fused-ring (bicyclic) bond motifs is 1. The van der Waals surface area contributed by atoms with Gasteiger partial charge in [0.05, 0.1) is 5.69 Å². The maximum absolute atomic E-state index is 13.4. The first-order valence-electron chi connectivity index (χ1n) is 6.39. The minimum absolute atomic E-state index is 0.179. The van der Waals surface area contributed by atoms with Crippen LogP contribution in [0.2, 0.25) is 0 Å². The summed E-state index contributed by atoms with van der Waals surface area (Å²) >= 11 is 1.38. The van der Waals surface area contributed by atoms with Crippen molar-refractivity contribution in [2.75, 3.05) is 5.73 Å². The smallest absolute Gasteiger partial charge is 0.196 e. The molecule has 3 rings (SSSR count). The molecule has 0 bridgehead atoms. The Kier molecular flexibility index (Phi) is 3.42. The lowest BCUT2D eigenvalue weighted by Crippen LogP contribution is -2.02. The van der Waals surface area contributed by atoms with Crippen molar-refractivity contribution in [3.63, 3.8) is 0 Å². The van der Waals surface area contributed by atoms with Gasteiger partial charge in [-0.15, -0.1) is 10.2 Å². The van der Waals surface area contributed by atoms with Crippen LogP contribution in [0.25, 0.3) is 0 Å². The van der Waals surface area contributed by atoms with Gasteiger partial charge in [-0.05, 0) is 36.7 Å². The van der Waals surface area contributed by atoms with E-state index < -0.39 is 0 Å². The Balaban J connectivity index is 1.91. The fourth-order valence-electron chi connectivity index (χ4n) is 2.24. The summed E-state index contributed by atoms with van der Waals surface area (Å²) in [7, 11) is 0. The first-order valence-corrected chi connectivity index (χ1v) is 7.21. The van der Waals surface area contributed by atoms with Crippen LogP contribution in [0, 0.1) is 5.82 Å². The molecule has 1 aliphatic rings. The summed E-state index contributed by atoms with van der Waals surface area (Å²) in [5.41, 5.74) is 5.93. The zero-order valence-electron chi connectivity index (χ0n) is 10.5. The van der Waals surface area contributed by atoms with Gasteiger partial charge in [0.25, 0.3) is 0 Å². The van der Waals surface area contributed by atoms with Crippen molar-refractivity contribution in [2.45, 2.75) is 42.3 Å². The highest BCUT2D eigenvalue weighted by Gasteiger charge is 2.16. The van der Waals surface area contributed by atoms with Crippen LogP contribution in [0.15, 0.2) is 28.3 Å². The molecule has 0 aliphatic carbocycles. The number of nitrogens with two attached hydrogens (primary N) is 1. The van der Waals surface area contributed by atoms with Gasteiger partial charge in [0.15, 0.2) is 5.16 Å². The number of benzene rings is 1. The van der Waals surface area contributed by atoms with Crippen LogP contribution in [0.4, 0.5) is 10.1 Å². The molecule has 0 saturated heterocycles. The molecule has 1 aromatic carbocycles. The summed E-state index contributed by atoms with van der Waals surface area (Å²) in [6.45, 7) is 0.930. The third-order valence-corrected chi connectivity index (χ3v) is 4.35. The predicted molar refractivity (Wildman–Crippen MR) is 72.5 cm³/mol. The van der Waals surface area contributed by atoms with E-state index in [9.17, 15) is 4.39 Å². The predicted octanol–water partition coefficient (Wildman–Crippen LogP) is 2.88. The second-order valence-corrected chi connectivity index (χ2v) is 5.62. The van der Waals surface area contributed by atoms with Gasteiger partial charge in [0.1, 0.15) is 11.6 Å². The number of nitrogen functional groups attached to an aromatic ring is 1. The third-order valence-electron chi connectivity index (χ3n) is 3.29. The van der Waals surface area contributed by atoms with E-state index in [1.165, 1.54) is 24.2 Å². The Morgan fingerprint density at radius 1 is 1.21 bits per heavy atom. The van der Waals surface area contributed by atoms with E-state index in [0.717, 1.165) is 36.8 Å². The Bertz CT molecular complexity index is 596. The molecule has 0 saturated carbocycles. The lowest BCUT2D eigenvalue weighted by Gasteiger charge is -2.08. The lowest BCUT2D eigenvalue weighted by molar-refractivity contribution is 0.591. The maximum atomic E-state index is 13.4. The number of halogens is 1. The molecule has 6 heteroatoms. The summed E-state index contributed by atoms with van der Waals surface area (Å²) in [6.07, 6.45) is 4.48. The first-order chi connectivity index (χ1) is 9.25. The minimum atomic E-state index is -0.388. The Morgan fingerprint density at radius 2 is 2.11 bits per heavy atom. The molecule has 19 heavy (non-hydrogen) atoms. The van der Waals surface area contributed by atoms with Gasteiger partial charge in [-0.2, -0.15) is 0 Å². The van der Waals surface area contributed by atoms with E-state index in [2.05, 4.69) is 14.8 Å². The van der Waals surface area contributed by atoms with Crippen LogP contribution in [0.3, 0.4) is 0 Å². The molecular weight excluding hydrogens is 263 g/mol. The van der Waals surface area contributed by atoms with Crippen molar-refractivity contribution in [3.8, 4) is 0 Å². The quantitative estimate of drug-likeness (QED) is 0.858. The normalized spacial score (nSPS) is 15.0. The van der Waals surface area contributed by atoms with E-state index in [-0.39, 0.29) is 11.5 Å². The fourth-order valence-corrected chi connectivity index (χ4v) is 3.18. The van der Waals surface area contributed by atoms with Gasteiger partial charge < -0.3 is 10.3 Å². The number of hydrogen-bond donors (Lipinski definition) is 1. The monoisotopic (exact) mass is 278 g/mol. The van der Waals surface area contributed by atoms with Crippen LogP contribution in [0.1, 0.15) is 25.1 Å². The number of aromatic nitrogens is 3. The van der Waals surface area contributed by atoms with Gasteiger partial charge in [-0.1, -0.05) is 12.5 Å². The van der Waals surface area contributed by atoms with Crippen molar-refractivity contribution in [2.24, 2.45) is 0 Å². The van der Waals surface area contributed by atoms with Crippen LogP contribution in [-0.2, 0) is 13.0 Å². The van der Waals surface area contributed by atoms with Crippen molar-refractivity contribution >= 4 is 17.4 Å². The highest BCUT2D eigenvalue weighted by molar-refractivity contribution is 7.99. The average Bonchev–Trinajstić information content (AvgIpc) is 2.63. The van der Waals surface area contributed by atoms with Crippen molar-refractivity contribution in [1.82, 2.24) is 14.8 Å². The molecule has 4 nitrogen and oxygen atoms in total. The van der Waals surface area contributed by atoms with E-state index >= 15 is 0 Å². The largest absolute Gasteiger partial charge is 0.395 e. The molecule has 2 N–H and O–H groups in total. The van der Waals surface area contributed by atoms with E-state index in [1.807, 2.05) is 0 Å². The Hall–Kier alpha value is -1.56. The second kappa shape index (κ2) is 5.21. The fraction of sp³-hybridized carbons (Fsp3) is 0.385. The topological polar surface area (TPSA) is 56.7 Å². The molecule has 0 amide bonds. The van der Waals surface area contributed by atoms with Crippen LogP contribution >= 0.6 is 11.8 Å². The van der Waals surface area contributed by atoms with Gasteiger partial charge >= 0.3 is 0 Å². The SMILES string of the molecule is Nc1c(F)cccc1Sc1nnc2n1CCCCC2. The molecule has 0 fully saturated rings. The molecule has 0 spiro atoms. The summed E-state index contributed by atoms with van der Waals surface area (Å²) in [5.74, 6) is 0.635. The molecular formula is C13H15FN4S. The van der Waals surface area contributed by atoms with Gasteiger partial charge in [0.2, 0.25) is 0 Å². The Labute approximate surface area is 115 Å². The van der Waals surface area contributed by atoms with Gasteiger partial charge in [-0.25, -0.2) is 4.39 Å². The van der Waals surface area contributed by atoms with Gasteiger partial charge in [0, 0.05) is 17.9 Å². The number of para-hydroxylation sites is 1. The number of aryl methyl sites for hydroxylation is 1.